The number of ether oxygens (including phenoxy) is 2. The Balaban J connectivity index is 1.21. The lowest BCUT2D eigenvalue weighted by molar-refractivity contribution is -0.140. The van der Waals surface area contributed by atoms with E-state index in [0.717, 1.165) is 39.8 Å². The van der Waals surface area contributed by atoms with Gasteiger partial charge in [0.25, 0.3) is 5.56 Å². The summed E-state index contributed by atoms with van der Waals surface area (Å²) >= 11 is 14.2. The molecule has 5 aromatic rings. The summed E-state index contributed by atoms with van der Waals surface area (Å²) in [6, 6.07) is 19.2. The van der Waals surface area contributed by atoms with E-state index in [2.05, 4.69) is 25.7 Å². The van der Waals surface area contributed by atoms with Crippen LogP contribution in [0, 0.1) is 0 Å². The number of aromatic nitrogens is 3. The number of carbonyl (C=O) groups excluding carboxylic acids is 2. The van der Waals surface area contributed by atoms with E-state index >= 15 is 0 Å². The van der Waals surface area contributed by atoms with E-state index in [1.165, 1.54) is 11.5 Å². The van der Waals surface area contributed by atoms with Crippen molar-refractivity contribution in [3.63, 3.8) is 0 Å². The van der Waals surface area contributed by atoms with Crippen LogP contribution in [0.5, 0.6) is 5.88 Å². The van der Waals surface area contributed by atoms with Gasteiger partial charge < -0.3 is 25.4 Å². The van der Waals surface area contributed by atoms with Crippen molar-refractivity contribution in [1.29, 1.82) is 0 Å². The molecule has 3 N–H and O–H groups in total. The van der Waals surface area contributed by atoms with Crippen molar-refractivity contribution >= 4 is 40.7 Å². The van der Waals surface area contributed by atoms with Gasteiger partial charge in [-0.1, -0.05) is 65.7 Å². The molecule has 1 saturated heterocycles. The quantitative estimate of drug-likeness (QED) is 0.0955. The van der Waals surface area contributed by atoms with Crippen LogP contribution >= 0.6 is 23.2 Å². The van der Waals surface area contributed by atoms with Gasteiger partial charge in [0.05, 0.1) is 30.0 Å². The average Bonchev–Trinajstić information content (AvgIpc) is 3.57. The highest BCUT2D eigenvalue weighted by Crippen LogP contribution is 2.42. The third-order valence-corrected chi connectivity index (χ3v) is 9.67. The van der Waals surface area contributed by atoms with Gasteiger partial charge in [-0.2, -0.15) is 0 Å². The summed E-state index contributed by atoms with van der Waals surface area (Å²) in [7, 11) is 2.95. The molecule has 11 nitrogen and oxygen atoms in total. The first-order valence-electron chi connectivity index (χ1n) is 16.7. The van der Waals surface area contributed by atoms with Gasteiger partial charge >= 0.3 is 5.97 Å². The molecule has 0 unspecified atom stereocenters. The van der Waals surface area contributed by atoms with Crippen LogP contribution in [0.25, 0.3) is 39.2 Å². The summed E-state index contributed by atoms with van der Waals surface area (Å²) < 4.78 is 11.8. The number of methoxy groups -OCH3 is 2. The summed E-state index contributed by atoms with van der Waals surface area (Å²) in [5, 5.41) is 10.5. The van der Waals surface area contributed by atoms with E-state index in [4.69, 9.17) is 32.9 Å². The molecule has 13 heteroatoms. The second kappa shape index (κ2) is 16.5. The van der Waals surface area contributed by atoms with Crippen LogP contribution in [0.4, 0.5) is 0 Å². The van der Waals surface area contributed by atoms with Crippen molar-refractivity contribution in [3.05, 3.63) is 105 Å². The van der Waals surface area contributed by atoms with Gasteiger partial charge in [-0.3, -0.25) is 18.8 Å². The number of nitrogens with zero attached hydrogens (tertiary/aromatic N) is 3. The van der Waals surface area contributed by atoms with Crippen molar-refractivity contribution in [1.82, 2.24) is 30.3 Å². The highest BCUT2D eigenvalue weighted by atomic mass is 35.5. The topological polar surface area (TPSA) is 136 Å². The summed E-state index contributed by atoms with van der Waals surface area (Å²) in [6.07, 6.45) is 5.57. The molecule has 0 aliphatic carbocycles. The smallest absolute Gasteiger partial charge is 0.305 e. The van der Waals surface area contributed by atoms with Gasteiger partial charge in [-0.25, -0.2) is 9.97 Å². The van der Waals surface area contributed by atoms with E-state index in [9.17, 15) is 14.4 Å². The zero-order chi connectivity index (χ0) is 35.9. The van der Waals surface area contributed by atoms with Crippen molar-refractivity contribution in [2.45, 2.75) is 44.8 Å². The lowest BCUT2D eigenvalue weighted by Gasteiger charge is -2.16. The molecule has 1 fully saturated rings. The monoisotopic (exact) mass is 728 g/mol. The van der Waals surface area contributed by atoms with Crippen LogP contribution in [-0.4, -0.2) is 59.6 Å². The third-order valence-electron chi connectivity index (χ3n) is 8.86. The number of rotatable bonds is 14. The molecule has 1 amide bonds. The highest BCUT2D eigenvalue weighted by molar-refractivity contribution is 6.39. The molecule has 4 heterocycles. The van der Waals surface area contributed by atoms with Crippen LogP contribution in [-0.2, 0) is 27.4 Å². The number of esters is 1. The number of benzene rings is 2. The first kappa shape index (κ1) is 36.0. The summed E-state index contributed by atoms with van der Waals surface area (Å²) in [5.74, 6) is 0.313. The number of hydrogen-bond acceptors (Lipinski definition) is 9. The van der Waals surface area contributed by atoms with Gasteiger partial charge in [0.1, 0.15) is 5.65 Å². The molecule has 6 rings (SSSR count). The minimum Gasteiger partial charge on any atom is -0.481 e. The maximum absolute atomic E-state index is 13.2. The summed E-state index contributed by atoms with van der Waals surface area (Å²) in [5.41, 5.74) is 6.13. The molecular weight excluding hydrogens is 691 g/mol. The van der Waals surface area contributed by atoms with Gasteiger partial charge in [-0.05, 0) is 43.1 Å². The molecule has 2 aromatic carbocycles. The second-order valence-electron chi connectivity index (χ2n) is 12.2. The maximum Gasteiger partial charge on any atom is 0.305 e. The number of carbonyl (C=O) groups is 2. The first-order valence-corrected chi connectivity index (χ1v) is 17.4. The van der Waals surface area contributed by atoms with Crippen molar-refractivity contribution < 1.29 is 19.1 Å². The molecule has 0 bridgehead atoms. The predicted octanol–water partition coefficient (Wildman–Crippen LogP) is 5.82. The highest BCUT2D eigenvalue weighted by Gasteiger charge is 2.21. The Bertz CT molecular complexity index is 2140. The Morgan fingerprint density at radius 3 is 2.39 bits per heavy atom. The van der Waals surface area contributed by atoms with Crippen LogP contribution in [0.2, 0.25) is 10.0 Å². The molecule has 0 radical (unpaired) electrons. The zero-order valence-corrected chi connectivity index (χ0v) is 29.8. The van der Waals surface area contributed by atoms with Gasteiger partial charge in [-0.15, -0.1) is 0 Å². The lowest BCUT2D eigenvalue weighted by atomic mass is 9.97. The molecule has 1 atom stereocenters. The average molecular weight is 730 g/mol. The molecule has 3 aromatic heterocycles. The zero-order valence-electron chi connectivity index (χ0n) is 28.3. The third kappa shape index (κ3) is 8.23. The predicted molar refractivity (Wildman–Crippen MR) is 198 cm³/mol. The molecular formula is C38H38Cl2N6O5. The van der Waals surface area contributed by atoms with Gasteiger partial charge in [0.15, 0.2) is 0 Å². The van der Waals surface area contributed by atoms with Crippen molar-refractivity contribution in [2.75, 3.05) is 27.3 Å². The Morgan fingerprint density at radius 2 is 1.67 bits per heavy atom. The van der Waals surface area contributed by atoms with E-state index in [0.29, 0.717) is 78.3 Å². The Labute approximate surface area is 305 Å². The summed E-state index contributed by atoms with van der Waals surface area (Å²) in [6.45, 7) is 2.10. The van der Waals surface area contributed by atoms with Crippen molar-refractivity contribution in [3.8, 4) is 39.4 Å². The largest absolute Gasteiger partial charge is 0.481 e. The number of fused-ring (bicyclic) bond motifs is 1. The van der Waals surface area contributed by atoms with E-state index in [1.807, 2.05) is 60.7 Å². The normalized spacial score (nSPS) is 14.1. The fraction of sp³-hybridized carbons (Fsp3) is 0.289. The standard InChI is InChI=1S/C38H38Cl2N6O5/c1-50-34(48)10-5-16-41-20-25-21-43-32-18-23(15-17-46(32)38(25)49)27-6-3-7-28(35(27)39)29-8-4-9-30(36(29)40)31-13-11-24(37(45-31)51-2)19-42-22-26-12-14-33(47)44-26/h3-4,6-9,11,13,15,17-18,21,26,41-42H,5,10,12,14,16,19-20,22H2,1-2H3,(H,44,47)/t26-/m0/s1. The van der Waals surface area contributed by atoms with E-state index in [1.54, 1.807) is 19.5 Å². The number of amides is 1. The second-order valence-corrected chi connectivity index (χ2v) is 13.0. The SMILES string of the molecule is COC(=O)CCCNCc1cnc2cc(-c3cccc(-c4cccc(-c5ccc(CNC[C@@H]6CCC(=O)N6)c(OC)n5)c4Cl)c3Cl)ccn2c1=O. The molecule has 0 saturated carbocycles. The van der Waals surface area contributed by atoms with Gasteiger partial charge in [0.2, 0.25) is 11.8 Å². The van der Waals surface area contributed by atoms with Crippen LogP contribution in [0.1, 0.15) is 36.8 Å². The number of hydrogen-bond donors (Lipinski definition) is 3. The maximum atomic E-state index is 13.2. The minimum absolute atomic E-state index is 0.0900. The fourth-order valence-electron chi connectivity index (χ4n) is 6.13. The number of pyridine rings is 2. The fourth-order valence-corrected chi connectivity index (χ4v) is 6.79. The van der Waals surface area contributed by atoms with E-state index in [-0.39, 0.29) is 23.5 Å². The Hall–Kier alpha value is -4.81. The number of halogens is 2. The van der Waals surface area contributed by atoms with Crippen molar-refractivity contribution in [2.24, 2.45) is 0 Å². The molecule has 264 valence electrons. The van der Waals surface area contributed by atoms with Crippen LogP contribution in [0.15, 0.2) is 77.9 Å². The molecule has 0 spiro atoms. The Kier molecular flexibility index (Phi) is 11.6. The lowest BCUT2D eigenvalue weighted by Crippen LogP contribution is -2.35. The Morgan fingerprint density at radius 1 is 0.941 bits per heavy atom. The molecule has 1 aliphatic heterocycles. The van der Waals surface area contributed by atoms with Gasteiger partial charge in [0, 0.05) is 84.3 Å². The molecule has 1 aliphatic rings. The molecule has 51 heavy (non-hydrogen) atoms. The number of nitrogens with one attached hydrogen (secondary N) is 3. The van der Waals surface area contributed by atoms with Crippen LogP contribution in [0.3, 0.4) is 0 Å². The summed E-state index contributed by atoms with van der Waals surface area (Å²) in [4.78, 5) is 45.3. The van der Waals surface area contributed by atoms with E-state index < -0.39 is 0 Å². The van der Waals surface area contributed by atoms with Crippen LogP contribution < -0.4 is 26.2 Å². The minimum atomic E-state index is -0.263. The first-order chi connectivity index (χ1) is 24.8.